The van der Waals surface area contributed by atoms with E-state index in [1.165, 1.54) is 0 Å². The first-order valence-corrected chi connectivity index (χ1v) is 8.68. The van der Waals surface area contributed by atoms with E-state index in [0.717, 1.165) is 54.3 Å². The van der Waals surface area contributed by atoms with E-state index in [2.05, 4.69) is 20.6 Å². The van der Waals surface area contributed by atoms with Crippen molar-refractivity contribution in [1.29, 1.82) is 0 Å². The zero-order valence-corrected chi connectivity index (χ0v) is 14.0. The number of nitrogens with zero attached hydrogens (tertiary/aromatic N) is 4. The summed E-state index contributed by atoms with van der Waals surface area (Å²) in [7, 11) is 0. The predicted octanol–water partition coefficient (Wildman–Crippen LogP) is 3.74. The minimum absolute atomic E-state index is 0.252. The highest BCUT2D eigenvalue weighted by atomic mass is 32.1. The van der Waals surface area contributed by atoms with E-state index in [0.29, 0.717) is 5.89 Å². The number of likely N-dealkylation sites (tertiary alicyclic amines) is 1. The SMILES string of the molecule is Cc1nonc1C1CCCN1Cc1nc(-c2ccsc2)oc1C. The van der Waals surface area contributed by atoms with Gasteiger partial charge in [-0.25, -0.2) is 9.61 Å². The lowest BCUT2D eigenvalue weighted by atomic mass is 10.1. The summed E-state index contributed by atoms with van der Waals surface area (Å²) in [6, 6.07) is 2.28. The monoisotopic (exact) mass is 330 g/mol. The van der Waals surface area contributed by atoms with Gasteiger partial charge in [0, 0.05) is 17.5 Å². The molecule has 4 heterocycles. The Morgan fingerprint density at radius 1 is 1.35 bits per heavy atom. The Hall–Kier alpha value is -1.99. The molecule has 0 radical (unpaired) electrons. The Morgan fingerprint density at radius 2 is 2.26 bits per heavy atom. The van der Waals surface area contributed by atoms with Crippen LogP contribution in [-0.4, -0.2) is 26.7 Å². The van der Waals surface area contributed by atoms with Gasteiger partial charge in [-0.3, -0.25) is 4.90 Å². The largest absolute Gasteiger partial charge is 0.441 e. The molecule has 1 aliphatic rings. The van der Waals surface area contributed by atoms with E-state index in [1.807, 2.05) is 25.3 Å². The van der Waals surface area contributed by atoms with E-state index < -0.39 is 0 Å². The fourth-order valence-corrected chi connectivity index (χ4v) is 3.77. The van der Waals surface area contributed by atoms with Crippen LogP contribution in [0.5, 0.6) is 0 Å². The Kier molecular flexibility index (Phi) is 3.74. The lowest BCUT2D eigenvalue weighted by molar-refractivity contribution is 0.228. The van der Waals surface area contributed by atoms with Crippen LogP contribution in [0.4, 0.5) is 0 Å². The van der Waals surface area contributed by atoms with Gasteiger partial charge in [0.15, 0.2) is 0 Å². The molecule has 120 valence electrons. The number of hydrogen-bond donors (Lipinski definition) is 0. The maximum absolute atomic E-state index is 5.84. The quantitative estimate of drug-likeness (QED) is 0.726. The molecule has 0 amide bonds. The Bertz CT molecular complexity index is 793. The normalized spacial score (nSPS) is 18.8. The molecule has 0 bridgehead atoms. The first-order chi connectivity index (χ1) is 11.2. The van der Waals surface area contributed by atoms with Crippen LogP contribution in [0, 0.1) is 13.8 Å². The molecule has 1 unspecified atom stereocenters. The van der Waals surface area contributed by atoms with Crippen molar-refractivity contribution in [2.75, 3.05) is 6.54 Å². The van der Waals surface area contributed by atoms with Crippen LogP contribution in [0.1, 0.15) is 41.7 Å². The minimum Gasteiger partial charge on any atom is -0.441 e. The van der Waals surface area contributed by atoms with Gasteiger partial charge in [-0.1, -0.05) is 10.3 Å². The standard InChI is InChI=1S/C16H18N4O2S/c1-10-15(19-22-18-10)14-4-3-6-20(14)8-13-11(2)21-16(17-13)12-5-7-23-9-12/h5,7,9,14H,3-4,6,8H2,1-2H3. The first-order valence-electron chi connectivity index (χ1n) is 7.74. The van der Waals surface area contributed by atoms with Crippen molar-refractivity contribution >= 4 is 11.3 Å². The Labute approximate surface area is 138 Å². The van der Waals surface area contributed by atoms with Gasteiger partial charge in [0.25, 0.3) is 0 Å². The second-order valence-electron chi connectivity index (χ2n) is 5.90. The summed E-state index contributed by atoms with van der Waals surface area (Å²) in [6.07, 6.45) is 2.22. The maximum Gasteiger partial charge on any atom is 0.227 e. The molecule has 1 atom stereocenters. The van der Waals surface area contributed by atoms with Crippen LogP contribution >= 0.6 is 11.3 Å². The van der Waals surface area contributed by atoms with Gasteiger partial charge in [-0.15, -0.1) is 0 Å². The fraction of sp³-hybridized carbons (Fsp3) is 0.438. The van der Waals surface area contributed by atoms with Crippen LogP contribution in [0.2, 0.25) is 0 Å². The maximum atomic E-state index is 5.84. The van der Waals surface area contributed by atoms with Gasteiger partial charge in [0.2, 0.25) is 5.89 Å². The highest BCUT2D eigenvalue weighted by Gasteiger charge is 2.31. The zero-order valence-electron chi connectivity index (χ0n) is 13.2. The van der Waals surface area contributed by atoms with Crippen molar-refractivity contribution in [3.8, 4) is 11.5 Å². The third-order valence-corrected chi connectivity index (χ3v) is 5.06. The van der Waals surface area contributed by atoms with Crippen molar-refractivity contribution < 1.29 is 9.05 Å². The predicted molar refractivity (Wildman–Crippen MR) is 86.0 cm³/mol. The van der Waals surface area contributed by atoms with E-state index >= 15 is 0 Å². The van der Waals surface area contributed by atoms with Gasteiger partial charge in [0.1, 0.15) is 17.1 Å². The summed E-state index contributed by atoms with van der Waals surface area (Å²) in [6.45, 7) is 5.71. The number of hydrogen-bond acceptors (Lipinski definition) is 7. The second kappa shape index (κ2) is 5.90. The van der Waals surface area contributed by atoms with Crippen molar-refractivity contribution in [2.24, 2.45) is 0 Å². The summed E-state index contributed by atoms with van der Waals surface area (Å²) >= 11 is 1.65. The number of thiophene rings is 1. The topological polar surface area (TPSA) is 68.2 Å². The van der Waals surface area contributed by atoms with E-state index in [9.17, 15) is 0 Å². The number of aryl methyl sites for hydroxylation is 2. The van der Waals surface area contributed by atoms with Gasteiger partial charge >= 0.3 is 0 Å². The summed E-state index contributed by atoms with van der Waals surface area (Å²) in [5.41, 5.74) is 3.85. The molecular weight excluding hydrogens is 312 g/mol. The molecule has 0 saturated carbocycles. The lowest BCUT2D eigenvalue weighted by Gasteiger charge is -2.21. The minimum atomic E-state index is 0.252. The molecule has 0 aliphatic carbocycles. The van der Waals surface area contributed by atoms with Gasteiger partial charge in [-0.05, 0) is 44.7 Å². The zero-order chi connectivity index (χ0) is 15.8. The average Bonchev–Trinajstić information content (AvgIpc) is 3.28. The van der Waals surface area contributed by atoms with E-state index in [1.54, 1.807) is 11.3 Å². The number of rotatable bonds is 4. The molecule has 23 heavy (non-hydrogen) atoms. The molecule has 1 saturated heterocycles. The van der Waals surface area contributed by atoms with Crippen LogP contribution in [0.15, 0.2) is 25.9 Å². The van der Waals surface area contributed by atoms with E-state index in [4.69, 9.17) is 14.0 Å². The molecule has 1 aliphatic heterocycles. The second-order valence-corrected chi connectivity index (χ2v) is 6.68. The Morgan fingerprint density at radius 3 is 3.00 bits per heavy atom. The number of aromatic nitrogens is 3. The third kappa shape index (κ3) is 2.70. The van der Waals surface area contributed by atoms with Gasteiger partial charge in [0.05, 0.1) is 11.7 Å². The molecular formula is C16H18N4O2S. The Balaban J connectivity index is 1.57. The van der Waals surface area contributed by atoms with Crippen molar-refractivity contribution in [3.63, 3.8) is 0 Å². The van der Waals surface area contributed by atoms with E-state index in [-0.39, 0.29) is 6.04 Å². The van der Waals surface area contributed by atoms with Crippen molar-refractivity contribution in [2.45, 2.75) is 39.3 Å². The fourth-order valence-electron chi connectivity index (χ4n) is 3.14. The van der Waals surface area contributed by atoms with Gasteiger partial charge in [-0.2, -0.15) is 11.3 Å². The van der Waals surface area contributed by atoms with Gasteiger partial charge < -0.3 is 4.42 Å². The summed E-state index contributed by atoms with van der Waals surface area (Å²) in [5, 5.41) is 12.1. The molecule has 3 aromatic heterocycles. The molecule has 0 aromatic carbocycles. The van der Waals surface area contributed by atoms with Crippen LogP contribution in [-0.2, 0) is 6.54 Å². The summed E-state index contributed by atoms with van der Waals surface area (Å²) in [4.78, 5) is 7.08. The van der Waals surface area contributed by atoms with Crippen molar-refractivity contribution in [1.82, 2.24) is 20.2 Å². The smallest absolute Gasteiger partial charge is 0.227 e. The molecule has 3 aromatic rings. The molecule has 0 spiro atoms. The lowest BCUT2D eigenvalue weighted by Crippen LogP contribution is -2.24. The third-order valence-electron chi connectivity index (χ3n) is 4.38. The molecule has 6 nitrogen and oxygen atoms in total. The van der Waals surface area contributed by atoms with Crippen LogP contribution in [0.3, 0.4) is 0 Å². The van der Waals surface area contributed by atoms with Crippen LogP contribution in [0.25, 0.3) is 11.5 Å². The highest BCUT2D eigenvalue weighted by Crippen LogP contribution is 2.34. The molecule has 4 rings (SSSR count). The molecule has 0 N–H and O–H groups in total. The molecule has 7 heteroatoms. The first kappa shape index (κ1) is 14.6. The molecule has 1 fully saturated rings. The highest BCUT2D eigenvalue weighted by molar-refractivity contribution is 7.08. The van der Waals surface area contributed by atoms with Crippen LogP contribution < -0.4 is 0 Å². The summed E-state index contributed by atoms with van der Waals surface area (Å²) in [5.74, 6) is 1.58. The summed E-state index contributed by atoms with van der Waals surface area (Å²) < 4.78 is 10.7. The number of oxazole rings is 1. The van der Waals surface area contributed by atoms with Crippen molar-refractivity contribution in [3.05, 3.63) is 39.7 Å². The average molecular weight is 330 g/mol.